The number of carbonyl (C=O) groups excluding carboxylic acids is 1. The molecule has 2 aliphatic rings. The van der Waals surface area contributed by atoms with Crippen molar-refractivity contribution < 1.29 is 9.53 Å². The number of carbonyl (C=O) groups is 1. The highest BCUT2D eigenvalue weighted by molar-refractivity contribution is 5.76. The number of nitrogens with one attached hydrogen (secondary N) is 1. The van der Waals surface area contributed by atoms with Crippen molar-refractivity contribution in [3.8, 4) is 0 Å². The summed E-state index contributed by atoms with van der Waals surface area (Å²) in [6.45, 7) is 7.67. The van der Waals surface area contributed by atoms with Gasteiger partial charge in [-0.05, 0) is 46.5 Å². The van der Waals surface area contributed by atoms with E-state index in [0.717, 1.165) is 6.54 Å². The van der Waals surface area contributed by atoms with Gasteiger partial charge >= 0.3 is 5.97 Å². The molecule has 0 aromatic rings. The van der Waals surface area contributed by atoms with Gasteiger partial charge < -0.3 is 10.1 Å². The van der Waals surface area contributed by atoms with E-state index in [4.69, 9.17) is 4.74 Å². The molecule has 3 atom stereocenters. The summed E-state index contributed by atoms with van der Waals surface area (Å²) >= 11 is 0. The van der Waals surface area contributed by atoms with Crippen molar-refractivity contribution in [3.63, 3.8) is 0 Å². The molecule has 0 radical (unpaired) electrons. The number of hydrogen-bond donors (Lipinski definition) is 1. The molecule has 0 bridgehead atoms. The highest BCUT2D eigenvalue weighted by Crippen LogP contribution is 2.24. The third kappa shape index (κ3) is 4.18. The summed E-state index contributed by atoms with van der Waals surface area (Å²) in [5.41, 5.74) is 0. The second kappa shape index (κ2) is 6.71. The van der Waals surface area contributed by atoms with E-state index < -0.39 is 0 Å². The summed E-state index contributed by atoms with van der Waals surface area (Å²) in [6, 6.07) is 1.52. The Morgan fingerprint density at radius 2 is 1.89 bits per heavy atom. The van der Waals surface area contributed by atoms with Crippen LogP contribution >= 0.6 is 0 Å². The average molecular weight is 268 g/mol. The van der Waals surface area contributed by atoms with Crippen molar-refractivity contribution in [1.82, 2.24) is 10.2 Å². The smallest absolute Gasteiger partial charge is 0.324 e. The van der Waals surface area contributed by atoms with Crippen LogP contribution in [0.4, 0.5) is 0 Å². The summed E-state index contributed by atoms with van der Waals surface area (Å²) in [4.78, 5) is 14.6. The number of ether oxygens (including phenoxy) is 1. The molecule has 19 heavy (non-hydrogen) atoms. The first kappa shape index (κ1) is 14.8. The van der Waals surface area contributed by atoms with Gasteiger partial charge in [0.05, 0.1) is 6.61 Å². The summed E-state index contributed by atoms with van der Waals surface area (Å²) in [6.07, 6.45) is 6.17. The number of nitrogens with zero attached hydrogens (tertiary/aromatic N) is 1. The van der Waals surface area contributed by atoms with E-state index in [1.807, 2.05) is 6.92 Å². The molecule has 4 heteroatoms. The lowest BCUT2D eigenvalue weighted by molar-refractivity contribution is -0.146. The van der Waals surface area contributed by atoms with Gasteiger partial charge in [0.25, 0.3) is 0 Å². The van der Waals surface area contributed by atoms with Gasteiger partial charge in [-0.2, -0.15) is 0 Å². The van der Waals surface area contributed by atoms with Crippen LogP contribution in [-0.2, 0) is 9.53 Å². The molecule has 0 spiro atoms. The van der Waals surface area contributed by atoms with Gasteiger partial charge in [-0.25, -0.2) is 0 Å². The molecule has 2 fully saturated rings. The molecule has 2 rings (SSSR count). The molecule has 1 aliphatic heterocycles. The molecule has 1 heterocycles. The monoisotopic (exact) mass is 268 g/mol. The molecule has 110 valence electrons. The lowest BCUT2D eigenvalue weighted by atomic mass is 9.97. The zero-order valence-corrected chi connectivity index (χ0v) is 12.5. The predicted octanol–water partition coefficient (Wildman–Crippen LogP) is 1.93. The van der Waals surface area contributed by atoms with Crippen LogP contribution in [0, 0.1) is 0 Å². The van der Waals surface area contributed by atoms with Crippen LogP contribution in [0.1, 0.15) is 52.9 Å². The van der Waals surface area contributed by atoms with Crippen LogP contribution in [0.5, 0.6) is 0 Å². The zero-order chi connectivity index (χ0) is 13.8. The number of esters is 1. The van der Waals surface area contributed by atoms with Crippen LogP contribution in [0.15, 0.2) is 0 Å². The molecule has 0 aromatic heterocycles. The average Bonchev–Trinajstić information content (AvgIpc) is 3.16. The van der Waals surface area contributed by atoms with E-state index in [0.29, 0.717) is 24.7 Å². The van der Waals surface area contributed by atoms with E-state index in [1.54, 1.807) is 0 Å². The minimum Gasteiger partial charge on any atom is -0.465 e. The lowest BCUT2D eigenvalue weighted by Gasteiger charge is -2.40. The predicted molar refractivity (Wildman–Crippen MR) is 76.1 cm³/mol. The number of piperidine rings is 1. The first-order valence-electron chi connectivity index (χ1n) is 7.80. The van der Waals surface area contributed by atoms with Crippen molar-refractivity contribution in [2.45, 2.75) is 77.0 Å². The first-order chi connectivity index (χ1) is 9.11. The molecule has 0 amide bonds. The Kier molecular flexibility index (Phi) is 5.22. The SMILES string of the molecule is CCOC(=O)C(CN1[C@H](C)CCC[C@@H]1C)NC1CC1. The van der Waals surface area contributed by atoms with Crippen LogP contribution in [0.2, 0.25) is 0 Å². The fourth-order valence-electron chi connectivity index (χ4n) is 3.02. The quantitative estimate of drug-likeness (QED) is 0.748. The fraction of sp³-hybridized carbons (Fsp3) is 0.933. The molecule has 1 aliphatic carbocycles. The second-order valence-corrected chi connectivity index (χ2v) is 6.07. The van der Waals surface area contributed by atoms with Crippen molar-refractivity contribution in [3.05, 3.63) is 0 Å². The van der Waals surface area contributed by atoms with Gasteiger partial charge in [-0.15, -0.1) is 0 Å². The molecule has 1 unspecified atom stereocenters. The number of hydrogen-bond acceptors (Lipinski definition) is 4. The summed E-state index contributed by atoms with van der Waals surface area (Å²) in [5.74, 6) is -0.0839. The van der Waals surface area contributed by atoms with E-state index in [2.05, 4.69) is 24.1 Å². The third-order valence-electron chi connectivity index (χ3n) is 4.35. The van der Waals surface area contributed by atoms with Gasteiger partial charge in [0.1, 0.15) is 6.04 Å². The highest BCUT2D eigenvalue weighted by Gasteiger charge is 2.33. The Morgan fingerprint density at radius 3 is 2.42 bits per heavy atom. The standard InChI is InChI=1S/C15H28N2O2/c1-4-19-15(18)14(16-13-8-9-13)10-17-11(2)6-5-7-12(17)3/h11-14,16H,4-10H2,1-3H3/t11-,12+,14?. The van der Waals surface area contributed by atoms with Gasteiger partial charge in [-0.3, -0.25) is 9.69 Å². The van der Waals surface area contributed by atoms with Gasteiger partial charge in [0.15, 0.2) is 0 Å². The molecule has 1 saturated carbocycles. The Balaban J connectivity index is 1.94. The van der Waals surface area contributed by atoms with E-state index in [-0.39, 0.29) is 12.0 Å². The van der Waals surface area contributed by atoms with E-state index >= 15 is 0 Å². The van der Waals surface area contributed by atoms with Crippen molar-refractivity contribution >= 4 is 5.97 Å². The number of likely N-dealkylation sites (tertiary alicyclic amines) is 1. The molecular formula is C15H28N2O2. The fourth-order valence-corrected chi connectivity index (χ4v) is 3.02. The second-order valence-electron chi connectivity index (χ2n) is 6.07. The maximum Gasteiger partial charge on any atom is 0.324 e. The minimum absolute atomic E-state index is 0.0839. The Labute approximate surface area is 116 Å². The topological polar surface area (TPSA) is 41.6 Å². The molecule has 0 aromatic carbocycles. The normalized spacial score (nSPS) is 30.1. The summed E-state index contributed by atoms with van der Waals surface area (Å²) in [5, 5.41) is 3.45. The summed E-state index contributed by atoms with van der Waals surface area (Å²) < 4.78 is 5.22. The maximum atomic E-state index is 12.1. The van der Waals surface area contributed by atoms with Gasteiger partial charge in [0.2, 0.25) is 0 Å². The van der Waals surface area contributed by atoms with Gasteiger partial charge in [0, 0.05) is 24.7 Å². The lowest BCUT2D eigenvalue weighted by Crippen LogP contribution is -2.53. The largest absolute Gasteiger partial charge is 0.465 e. The van der Waals surface area contributed by atoms with Crippen LogP contribution in [-0.4, -0.2) is 48.2 Å². The number of rotatable bonds is 6. The summed E-state index contributed by atoms with van der Waals surface area (Å²) in [7, 11) is 0. The molecular weight excluding hydrogens is 240 g/mol. The van der Waals surface area contributed by atoms with Gasteiger partial charge in [-0.1, -0.05) is 6.42 Å². The van der Waals surface area contributed by atoms with E-state index in [1.165, 1.54) is 32.1 Å². The minimum atomic E-state index is -0.157. The Bertz CT molecular complexity index is 295. The van der Waals surface area contributed by atoms with Crippen molar-refractivity contribution in [1.29, 1.82) is 0 Å². The Morgan fingerprint density at radius 1 is 1.26 bits per heavy atom. The molecule has 4 nitrogen and oxygen atoms in total. The first-order valence-corrected chi connectivity index (χ1v) is 7.80. The maximum absolute atomic E-state index is 12.1. The third-order valence-corrected chi connectivity index (χ3v) is 4.35. The zero-order valence-electron chi connectivity index (χ0n) is 12.5. The van der Waals surface area contributed by atoms with Crippen LogP contribution < -0.4 is 5.32 Å². The van der Waals surface area contributed by atoms with Crippen LogP contribution in [0.3, 0.4) is 0 Å². The van der Waals surface area contributed by atoms with Crippen LogP contribution in [0.25, 0.3) is 0 Å². The van der Waals surface area contributed by atoms with Crippen molar-refractivity contribution in [2.75, 3.05) is 13.2 Å². The molecule has 1 saturated heterocycles. The Hall–Kier alpha value is -0.610. The molecule has 1 N–H and O–H groups in total. The highest BCUT2D eigenvalue weighted by atomic mass is 16.5. The van der Waals surface area contributed by atoms with Crippen molar-refractivity contribution in [2.24, 2.45) is 0 Å². The van der Waals surface area contributed by atoms with E-state index in [9.17, 15) is 4.79 Å².